The van der Waals surface area contributed by atoms with Crippen molar-refractivity contribution in [2.45, 2.75) is 19.9 Å². The molecule has 0 spiro atoms. The second-order valence-corrected chi connectivity index (χ2v) is 7.50. The summed E-state index contributed by atoms with van der Waals surface area (Å²) in [7, 11) is -0.230. The zero-order chi connectivity index (χ0) is 15.9. The van der Waals surface area contributed by atoms with Crippen molar-refractivity contribution < 1.29 is 8.42 Å². The average Bonchev–Trinajstić information content (AvgIpc) is 2.45. The largest absolute Gasteiger partial charge is 0.317 e. The van der Waals surface area contributed by atoms with E-state index >= 15 is 0 Å². The quantitative estimate of drug-likeness (QED) is 0.703. The van der Waals surface area contributed by atoms with Crippen LogP contribution in [0.15, 0.2) is 24.3 Å². The molecule has 120 valence electrons. The lowest BCUT2D eigenvalue weighted by Crippen LogP contribution is -2.40. The average molecular weight is 334 g/mol. The Balaban J connectivity index is 2.57. The predicted molar refractivity (Wildman–Crippen MR) is 87.6 cm³/mol. The van der Waals surface area contributed by atoms with E-state index in [0.717, 1.165) is 25.1 Å². The maximum Gasteiger partial charge on any atom is 0.281 e. The van der Waals surface area contributed by atoms with E-state index < -0.39 is 10.2 Å². The molecule has 1 N–H and O–H groups in total. The molecule has 0 unspecified atom stereocenters. The van der Waals surface area contributed by atoms with Gasteiger partial charge in [-0.3, -0.25) is 0 Å². The van der Waals surface area contributed by atoms with Crippen LogP contribution in [0.5, 0.6) is 0 Å². The summed E-state index contributed by atoms with van der Waals surface area (Å²) in [6.07, 6.45) is 0.790. The van der Waals surface area contributed by atoms with E-state index in [1.54, 1.807) is 26.2 Å². The molecule has 0 bridgehead atoms. The molecule has 0 aliphatic rings. The first-order chi connectivity index (χ1) is 9.87. The Morgan fingerprint density at radius 3 is 2.33 bits per heavy atom. The van der Waals surface area contributed by atoms with Gasteiger partial charge in [0, 0.05) is 32.2 Å². The van der Waals surface area contributed by atoms with Crippen LogP contribution >= 0.6 is 11.6 Å². The molecular weight excluding hydrogens is 310 g/mol. The van der Waals surface area contributed by atoms with Gasteiger partial charge in [0.1, 0.15) is 0 Å². The Labute approximate surface area is 133 Å². The number of nitrogens with one attached hydrogen (secondary N) is 1. The van der Waals surface area contributed by atoms with E-state index in [1.165, 1.54) is 8.61 Å². The first-order valence-electron chi connectivity index (χ1n) is 7.00. The van der Waals surface area contributed by atoms with Gasteiger partial charge in [-0.1, -0.05) is 30.7 Å². The summed E-state index contributed by atoms with van der Waals surface area (Å²) in [6.45, 7) is 4.57. The van der Waals surface area contributed by atoms with E-state index in [9.17, 15) is 8.42 Å². The van der Waals surface area contributed by atoms with Crippen LogP contribution in [0.4, 0.5) is 0 Å². The van der Waals surface area contributed by atoms with Gasteiger partial charge in [0.05, 0.1) is 0 Å². The Hall–Kier alpha value is -0.660. The lowest BCUT2D eigenvalue weighted by atomic mass is 10.2. The normalized spacial score (nSPS) is 12.3. The molecule has 1 rings (SSSR count). The van der Waals surface area contributed by atoms with Crippen LogP contribution in [0.25, 0.3) is 0 Å². The van der Waals surface area contributed by atoms with Crippen molar-refractivity contribution >= 4 is 21.8 Å². The van der Waals surface area contributed by atoms with Crippen molar-refractivity contribution in [1.82, 2.24) is 13.9 Å². The molecule has 21 heavy (non-hydrogen) atoms. The van der Waals surface area contributed by atoms with E-state index in [0.29, 0.717) is 18.1 Å². The highest BCUT2D eigenvalue weighted by Gasteiger charge is 2.23. The second kappa shape index (κ2) is 8.70. The lowest BCUT2D eigenvalue weighted by molar-refractivity contribution is 0.384. The first-order valence-corrected chi connectivity index (χ1v) is 8.78. The molecule has 1 aromatic carbocycles. The summed E-state index contributed by atoms with van der Waals surface area (Å²) in [5.41, 5.74) is 0.909. The first kappa shape index (κ1) is 18.4. The SMILES string of the molecule is CCNCCCN(C)S(=O)(=O)N(C)Cc1ccc(Cl)cc1. The van der Waals surface area contributed by atoms with Crippen LogP contribution in [0.3, 0.4) is 0 Å². The second-order valence-electron chi connectivity index (χ2n) is 4.92. The number of hydrogen-bond donors (Lipinski definition) is 1. The van der Waals surface area contributed by atoms with Crippen LogP contribution < -0.4 is 5.32 Å². The summed E-state index contributed by atoms with van der Waals surface area (Å²) >= 11 is 5.83. The molecule has 5 nitrogen and oxygen atoms in total. The maximum atomic E-state index is 12.4. The van der Waals surface area contributed by atoms with Crippen LogP contribution in [0.1, 0.15) is 18.9 Å². The van der Waals surface area contributed by atoms with Crippen molar-refractivity contribution in [3.05, 3.63) is 34.9 Å². The summed E-state index contributed by atoms with van der Waals surface area (Å²) < 4.78 is 27.5. The Morgan fingerprint density at radius 2 is 1.76 bits per heavy atom. The van der Waals surface area contributed by atoms with Gasteiger partial charge in [-0.25, -0.2) is 0 Å². The third-order valence-corrected chi connectivity index (χ3v) is 5.32. The maximum absolute atomic E-state index is 12.4. The number of rotatable bonds is 9. The molecule has 0 saturated carbocycles. The molecule has 0 radical (unpaired) electrons. The lowest BCUT2D eigenvalue weighted by Gasteiger charge is -2.24. The molecule has 1 aromatic rings. The fraction of sp³-hybridized carbons (Fsp3) is 0.571. The van der Waals surface area contributed by atoms with Gasteiger partial charge in [-0.05, 0) is 37.2 Å². The molecule has 0 heterocycles. The number of hydrogen-bond acceptors (Lipinski definition) is 3. The Morgan fingerprint density at radius 1 is 1.14 bits per heavy atom. The van der Waals surface area contributed by atoms with E-state index in [-0.39, 0.29) is 0 Å². The molecule has 0 atom stereocenters. The predicted octanol–water partition coefficient (Wildman–Crippen LogP) is 1.95. The number of nitrogens with zero attached hydrogens (tertiary/aromatic N) is 2. The number of benzene rings is 1. The standard InChI is InChI=1S/C14H24ClN3O2S/c1-4-16-10-5-11-17(2)21(19,20)18(3)12-13-6-8-14(15)9-7-13/h6-9,16H,4-5,10-12H2,1-3H3. The van der Waals surface area contributed by atoms with Crippen molar-refractivity contribution in [2.75, 3.05) is 33.7 Å². The summed E-state index contributed by atoms with van der Waals surface area (Å²) in [4.78, 5) is 0. The van der Waals surface area contributed by atoms with E-state index in [1.807, 2.05) is 19.1 Å². The molecule has 0 amide bonds. The smallest absolute Gasteiger partial charge is 0.281 e. The molecule has 0 fully saturated rings. The van der Waals surface area contributed by atoms with Gasteiger partial charge < -0.3 is 5.32 Å². The summed E-state index contributed by atoms with van der Waals surface area (Å²) in [5, 5.41) is 3.83. The number of halogens is 1. The molecular formula is C14H24ClN3O2S. The molecule has 0 saturated heterocycles. The highest BCUT2D eigenvalue weighted by atomic mass is 35.5. The van der Waals surface area contributed by atoms with Crippen molar-refractivity contribution in [1.29, 1.82) is 0 Å². The van der Waals surface area contributed by atoms with Crippen LogP contribution in [-0.4, -0.2) is 50.8 Å². The minimum absolute atomic E-state index is 0.330. The van der Waals surface area contributed by atoms with E-state index in [4.69, 9.17) is 11.6 Å². The van der Waals surface area contributed by atoms with E-state index in [2.05, 4.69) is 5.32 Å². The van der Waals surface area contributed by atoms with Crippen molar-refractivity contribution in [3.8, 4) is 0 Å². The van der Waals surface area contributed by atoms with Gasteiger partial charge in [0.15, 0.2) is 0 Å². The van der Waals surface area contributed by atoms with Crippen molar-refractivity contribution in [3.63, 3.8) is 0 Å². The molecule has 0 aromatic heterocycles. The minimum Gasteiger partial charge on any atom is -0.317 e. The Kier molecular flexibility index (Phi) is 7.62. The van der Waals surface area contributed by atoms with Crippen LogP contribution in [0, 0.1) is 0 Å². The zero-order valence-corrected chi connectivity index (χ0v) is 14.4. The van der Waals surface area contributed by atoms with Gasteiger partial charge in [-0.15, -0.1) is 0 Å². The third-order valence-electron chi connectivity index (χ3n) is 3.18. The summed E-state index contributed by atoms with van der Waals surface area (Å²) in [5.74, 6) is 0. The van der Waals surface area contributed by atoms with Crippen molar-refractivity contribution in [2.24, 2.45) is 0 Å². The Bertz CT molecular complexity index is 520. The fourth-order valence-electron chi connectivity index (χ4n) is 1.89. The topological polar surface area (TPSA) is 52.7 Å². The van der Waals surface area contributed by atoms with Crippen LogP contribution in [-0.2, 0) is 16.8 Å². The zero-order valence-electron chi connectivity index (χ0n) is 12.8. The molecule has 0 aliphatic carbocycles. The van der Waals surface area contributed by atoms with Gasteiger partial charge >= 0.3 is 0 Å². The van der Waals surface area contributed by atoms with Gasteiger partial charge in [-0.2, -0.15) is 17.0 Å². The van der Waals surface area contributed by atoms with Crippen LogP contribution in [0.2, 0.25) is 5.02 Å². The van der Waals surface area contributed by atoms with Gasteiger partial charge in [0.25, 0.3) is 10.2 Å². The molecule has 7 heteroatoms. The minimum atomic E-state index is -3.43. The summed E-state index contributed by atoms with van der Waals surface area (Å²) in [6, 6.07) is 7.19. The highest BCUT2D eigenvalue weighted by molar-refractivity contribution is 7.86. The molecule has 0 aliphatic heterocycles. The fourth-order valence-corrected chi connectivity index (χ4v) is 3.16. The highest BCUT2D eigenvalue weighted by Crippen LogP contribution is 2.13. The van der Waals surface area contributed by atoms with Gasteiger partial charge in [0.2, 0.25) is 0 Å². The monoisotopic (exact) mass is 333 g/mol. The third kappa shape index (κ3) is 5.92.